The van der Waals surface area contributed by atoms with E-state index in [4.69, 9.17) is 15.4 Å². The van der Waals surface area contributed by atoms with Crippen LogP contribution >= 0.6 is 36.7 Å². The highest BCUT2D eigenvalue weighted by Gasteiger charge is 2.36. The SMILES string of the molecule is CSn1cc([C@H]2CC(O)[C@@H](CPPPO)O2)c2ncnc(N)c21. The van der Waals surface area contributed by atoms with Gasteiger partial charge in [0, 0.05) is 32.9 Å². The zero-order valence-corrected chi connectivity index (χ0v) is 16.2. The van der Waals surface area contributed by atoms with E-state index in [0.717, 1.165) is 22.8 Å². The Hall–Kier alpha value is -0.0600. The molecule has 3 rings (SSSR count). The Morgan fingerprint density at radius 3 is 3.09 bits per heavy atom. The summed E-state index contributed by atoms with van der Waals surface area (Å²) in [6.07, 6.45) is 5.89. The maximum Gasteiger partial charge on any atom is 0.152 e. The number of ether oxygens (including phenoxy) is 1. The van der Waals surface area contributed by atoms with Crippen LogP contribution in [0.5, 0.6) is 0 Å². The number of fused-ring (bicyclic) bond motifs is 1. The Bertz CT molecular complexity index is 689. The van der Waals surface area contributed by atoms with Crippen LogP contribution in [-0.2, 0) is 4.74 Å². The molecule has 0 spiro atoms. The summed E-state index contributed by atoms with van der Waals surface area (Å²) in [6, 6.07) is 0. The van der Waals surface area contributed by atoms with E-state index >= 15 is 0 Å². The number of hydrogen-bond donors (Lipinski definition) is 3. The molecule has 11 heteroatoms. The third-order valence-electron chi connectivity index (χ3n) is 3.82. The number of aliphatic hydroxyl groups excluding tert-OH is 1. The molecule has 6 atom stereocenters. The second-order valence-electron chi connectivity index (χ2n) is 5.13. The summed E-state index contributed by atoms with van der Waals surface area (Å²) in [7, 11) is 1.18. The van der Waals surface area contributed by atoms with Crippen molar-refractivity contribution in [1.82, 2.24) is 13.9 Å². The molecule has 0 bridgehead atoms. The minimum absolute atomic E-state index is 0.00585. The molecule has 0 amide bonds. The highest BCUT2D eigenvalue weighted by molar-refractivity contribution is 8.42. The van der Waals surface area contributed by atoms with Crippen molar-refractivity contribution in [1.29, 1.82) is 0 Å². The molecule has 0 saturated carbocycles. The van der Waals surface area contributed by atoms with Crippen LogP contribution in [0.4, 0.5) is 5.82 Å². The number of aromatic nitrogens is 3. The minimum Gasteiger partial charge on any atom is -0.390 e. The summed E-state index contributed by atoms with van der Waals surface area (Å²) in [5.74, 6) is 0.442. The molecule has 126 valence electrons. The van der Waals surface area contributed by atoms with Gasteiger partial charge < -0.3 is 20.5 Å². The first kappa shape index (κ1) is 17.8. The normalized spacial score (nSPS) is 26.1. The zero-order chi connectivity index (χ0) is 16.4. The van der Waals surface area contributed by atoms with E-state index in [1.165, 1.54) is 18.3 Å². The van der Waals surface area contributed by atoms with Crippen LogP contribution in [0.15, 0.2) is 12.5 Å². The van der Waals surface area contributed by atoms with Crippen molar-refractivity contribution >= 4 is 53.5 Å². The van der Waals surface area contributed by atoms with Crippen molar-refractivity contribution in [2.24, 2.45) is 0 Å². The van der Waals surface area contributed by atoms with E-state index in [-0.39, 0.29) is 20.7 Å². The van der Waals surface area contributed by atoms with Gasteiger partial charge in [-0.25, -0.2) is 9.97 Å². The van der Waals surface area contributed by atoms with Crippen molar-refractivity contribution in [2.45, 2.75) is 24.7 Å². The molecular weight excluding hydrogens is 373 g/mol. The molecular formula is C12H19N4O3P3S. The second kappa shape index (κ2) is 7.88. The summed E-state index contributed by atoms with van der Waals surface area (Å²) in [5, 5.41) is 10.3. The Morgan fingerprint density at radius 2 is 2.35 bits per heavy atom. The van der Waals surface area contributed by atoms with Crippen molar-refractivity contribution in [3.8, 4) is 0 Å². The number of nitrogen functional groups attached to an aromatic ring is 1. The highest BCUT2D eigenvalue weighted by Crippen LogP contribution is 2.52. The number of aliphatic hydroxyl groups is 1. The molecule has 0 aromatic carbocycles. The fraction of sp³-hybridized carbons (Fsp3) is 0.500. The third-order valence-corrected chi connectivity index (χ3v) is 9.47. The standard InChI is InChI=1S/C12H19N4O3P3S/c1-23-16-3-6(10-11(16)12(13)15-5-14-10)8-2-7(17)9(19-8)4-20-22-21-18/h3,5,7-9,17-18,20-22H,2,4H2,1H3,(H2,13,14,15)/t7?,8-,9-/m1/s1. The molecule has 4 unspecified atom stereocenters. The van der Waals surface area contributed by atoms with Crippen LogP contribution in [0.1, 0.15) is 18.1 Å². The molecule has 7 nitrogen and oxygen atoms in total. The molecule has 2 aromatic rings. The number of nitrogens with zero attached hydrogens (tertiary/aromatic N) is 3. The van der Waals surface area contributed by atoms with Crippen molar-refractivity contribution in [3.63, 3.8) is 0 Å². The van der Waals surface area contributed by atoms with Crippen LogP contribution in [0.3, 0.4) is 0 Å². The average molecular weight is 392 g/mol. The van der Waals surface area contributed by atoms with Crippen LogP contribution in [0.2, 0.25) is 0 Å². The van der Waals surface area contributed by atoms with Gasteiger partial charge in [-0.05, 0) is 26.1 Å². The maximum absolute atomic E-state index is 10.3. The Balaban J connectivity index is 1.85. The van der Waals surface area contributed by atoms with Crippen LogP contribution in [-0.4, -0.2) is 48.6 Å². The van der Waals surface area contributed by atoms with Gasteiger partial charge in [-0.2, -0.15) is 0 Å². The van der Waals surface area contributed by atoms with Gasteiger partial charge >= 0.3 is 0 Å². The highest BCUT2D eigenvalue weighted by atomic mass is 32.4. The summed E-state index contributed by atoms with van der Waals surface area (Å²) in [4.78, 5) is 17.3. The van der Waals surface area contributed by atoms with Gasteiger partial charge in [0.25, 0.3) is 0 Å². The van der Waals surface area contributed by atoms with Crippen LogP contribution in [0, 0.1) is 0 Å². The lowest BCUT2D eigenvalue weighted by atomic mass is 10.1. The van der Waals surface area contributed by atoms with Crippen molar-refractivity contribution < 1.29 is 14.7 Å². The van der Waals surface area contributed by atoms with E-state index in [9.17, 15) is 5.11 Å². The number of nitrogens with two attached hydrogens (primary N) is 1. The fourth-order valence-electron chi connectivity index (χ4n) is 2.76. The van der Waals surface area contributed by atoms with E-state index in [1.54, 1.807) is 0 Å². The Morgan fingerprint density at radius 1 is 1.52 bits per heavy atom. The van der Waals surface area contributed by atoms with E-state index in [1.807, 2.05) is 16.4 Å². The first-order valence-corrected chi connectivity index (χ1v) is 13.4. The van der Waals surface area contributed by atoms with Gasteiger partial charge in [0.15, 0.2) is 5.82 Å². The van der Waals surface area contributed by atoms with E-state index in [2.05, 4.69) is 9.97 Å². The molecule has 23 heavy (non-hydrogen) atoms. The second-order valence-corrected chi connectivity index (χ2v) is 11.9. The van der Waals surface area contributed by atoms with E-state index in [0.29, 0.717) is 28.5 Å². The Kier molecular flexibility index (Phi) is 6.08. The van der Waals surface area contributed by atoms with Gasteiger partial charge in [-0.1, -0.05) is 8.27 Å². The summed E-state index contributed by atoms with van der Waals surface area (Å²) < 4.78 is 8.01. The van der Waals surface area contributed by atoms with E-state index < -0.39 is 6.10 Å². The molecule has 0 aliphatic carbocycles. The molecule has 1 aliphatic rings. The van der Waals surface area contributed by atoms with Crippen LogP contribution < -0.4 is 5.73 Å². The van der Waals surface area contributed by atoms with Gasteiger partial charge in [-0.3, -0.25) is 3.97 Å². The quantitative estimate of drug-likeness (QED) is 0.511. The predicted octanol–water partition coefficient (Wildman–Crippen LogP) is 2.10. The lowest BCUT2D eigenvalue weighted by molar-refractivity contribution is 0.0249. The topological polar surface area (TPSA) is 106 Å². The fourth-order valence-corrected chi connectivity index (χ4v) is 6.87. The monoisotopic (exact) mass is 392 g/mol. The molecule has 0 radical (unpaired) electrons. The smallest absolute Gasteiger partial charge is 0.152 e. The molecule has 1 fully saturated rings. The van der Waals surface area contributed by atoms with Gasteiger partial charge in [0.05, 0.1) is 18.3 Å². The number of rotatable bonds is 6. The zero-order valence-electron chi connectivity index (χ0n) is 12.4. The lowest BCUT2D eigenvalue weighted by Gasteiger charge is -2.14. The van der Waals surface area contributed by atoms with Gasteiger partial charge in [0.1, 0.15) is 17.4 Å². The summed E-state index contributed by atoms with van der Waals surface area (Å²) >= 11 is 1.52. The maximum atomic E-state index is 10.3. The molecule has 1 saturated heterocycles. The Labute approximate surface area is 143 Å². The van der Waals surface area contributed by atoms with Gasteiger partial charge in [-0.15, -0.1) is 0 Å². The largest absolute Gasteiger partial charge is 0.390 e. The third kappa shape index (κ3) is 3.64. The lowest BCUT2D eigenvalue weighted by Crippen LogP contribution is -2.22. The number of anilines is 1. The van der Waals surface area contributed by atoms with Crippen LogP contribution in [0.25, 0.3) is 11.0 Å². The number of hydrogen-bond acceptors (Lipinski definition) is 7. The van der Waals surface area contributed by atoms with Gasteiger partial charge in [0.2, 0.25) is 0 Å². The predicted molar refractivity (Wildman–Crippen MR) is 101 cm³/mol. The molecule has 2 aromatic heterocycles. The average Bonchev–Trinajstić information content (AvgIpc) is 3.09. The molecule has 3 heterocycles. The minimum atomic E-state index is -0.480. The summed E-state index contributed by atoms with van der Waals surface area (Å²) in [6.45, 7) is 0. The van der Waals surface area contributed by atoms with Crippen molar-refractivity contribution in [2.75, 3.05) is 18.2 Å². The van der Waals surface area contributed by atoms with Crippen molar-refractivity contribution in [3.05, 3.63) is 18.1 Å². The summed E-state index contributed by atoms with van der Waals surface area (Å²) in [5.41, 5.74) is 8.50. The molecule has 1 aliphatic heterocycles. The first-order chi connectivity index (χ1) is 11.2. The molecule has 4 N–H and O–H groups in total. The first-order valence-electron chi connectivity index (χ1n) is 7.02.